The molecule has 2 rings (SSSR count). The Bertz CT molecular complexity index is 669. The normalized spacial score (nSPS) is 13.5. The van der Waals surface area contributed by atoms with Crippen molar-refractivity contribution in [1.82, 2.24) is 0 Å². The van der Waals surface area contributed by atoms with E-state index in [1.807, 2.05) is 44.2 Å². The lowest BCUT2D eigenvalue weighted by molar-refractivity contribution is 0.0958. The summed E-state index contributed by atoms with van der Waals surface area (Å²) in [5, 5.41) is 20.0. The number of rotatable bonds is 4. The van der Waals surface area contributed by atoms with Crippen LogP contribution in [0.4, 0.5) is 0 Å². The van der Waals surface area contributed by atoms with Crippen molar-refractivity contribution in [2.45, 2.75) is 32.5 Å². The lowest BCUT2D eigenvalue weighted by atomic mass is 9.87. The fourth-order valence-corrected chi connectivity index (χ4v) is 2.27. The summed E-state index contributed by atoms with van der Waals surface area (Å²) in [5.41, 5.74) is 0.656. The van der Waals surface area contributed by atoms with Crippen molar-refractivity contribution in [1.29, 1.82) is 5.26 Å². The smallest absolute Gasteiger partial charge is 0.126 e. The minimum Gasteiger partial charge on any atom is -0.491 e. The Morgan fingerprint density at radius 1 is 1.14 bits per heavy atom. The van der Waals surface area contributed by atoms with Gasteiger partial charge in [0, 0.05) is 5.56 Å². The van der Waals surface area contributed by atoms with Gasteiger partial charge < -0.3 is 9.84 Å². The molecular weight excluding hydrogens is 262 g/mol. The van der Waals surface area contributed by atoms with E-state index >= 15 is 0 Å². The second kappa shape index (κ2) is 5.99. The van der Waals surface area contributed by atoms with E-state index in [0.717, 1.165) is 0 Å². The van der Waals surface area contributed by atoms with E-state index in [4.69, 9.17) is 10.00 Å². The molecule has 1 atom stereocenters. The highest BCUT2D eigenvalue weighted by atomic mass is 16.5. The number of benzene rings is 2. The number of hydrogen-bond donors (Lipinski definition) is 1. The van der Waals surface area contributed by atoms with Crippen LogP contribution < -0.4 is 4.74 Å². The number of nitrogens with zero attached hydrogens (tertiary/aromatic N) is 1. The molecule has 0 aliphatic rings. The van der Waals surface area contributed by atoms with Crippen molar-refractivity contribution in [3.05, 3.63) is 65.2 Å². The first-order valence-electron chi connectivity index (χ1n) is 6.94. The van der Waals surface area contributed by atoms with Gasteiger partial charge in [-0.2, -0.15) is 5.26 Å². The zero-order valence-corrected chi connectivity index (χ0v) is 12.5. The maximum atomic E-state index is 11.0. The number of hydrogen-bond acceptors (Lipinski definition) is 3. The van der Waals surface area contributed by atoms with Crippen LogP contribution in [0, 0.1) is 11.3 Å². The summed E-state index contributed by atoms with van der Waals surface area (Å²) < 4.78 is 5.78. The average molecular weight is 281 g/mol. The molecule has 0 saturated carbocycles. The lowest BCUT2D eigenvalue weighted by Gasteiger charge is -2.27. The fourth-order valence-electron chi connectivity index (χ4n) is 2.27. The van der Waals surface area contributed by atoms with Crippen molar-refractivity contribution < 1.29 is 9.84 Å². The van der Waals surface area contributed by atoms with Gasteiger partial charge in [-0.3, -0.25) is 0 Å². The molecule has 3 nitrogen and oxygen atoms in total. The molecular formula is C18H19NO2. The van der Waals surface area contributed by atoms with E-state index < -0.39 is 5.60 Å². The Balaban J connectivity index is 2.50. The summed E-state index contributed by atoms with van der Waals surface area (Å²) in [4.78, 5) is 0. The molecule has 2 aromatic rings. The minimum atomic E-state index is -1.22. The number of para-hydroxylation sites is 1. The highest BCUT2D eigenvalue weighted by molar-refractivity contribution is 5.46. The van der Waals surface area contributed by atoms with E-state index in [2.05, 4.69) is 6.07 Å². The number of nitriles is 1. The van der Waals surface area contributed by atoms with Gasteiger partial charge in [0.2, 0.25) is 0 Å². The molecule has 0 bridgehead atoms. The van der Waals surface area contributed by atoms with Gasteiger partial charge in [-0.25, -0.2) is 0 Å². The molecule has 0 spiro atoms. The molecule has 0 radical (unpaired) electrons. The summed E-state index contributed by atoms with van der Waals surface area (Å²) in [6.07, 6.45) is 0.0207. The molecule has 0 fully saturated rings. The van der Waals surface area contributed by atoms with Gasteiger partial charge >= 0.3 is 0 Å². The van der Waals surface area contributed by atoms with Crippen LogP contribution >= 0.6 is 0 Å². The summed E-state index contributed by atoms with van der Waals surface area (Å²) in [6, 6.07) is 16.5. The highest BCUT2D eigenvalue weighted by Crippen LogP contribution is 2.35. The van der Waals surface area contributed by atoms with Crippen molar-refractivity contribution in [2.75, 3.05) is 0 Å². The molecule has 3 heteroatoms. The first-order chi connectivity index (χ1) is 9.95. The fraction of sp³-hybridized carbons (Fsp3) is 0.278. The van der Waals surface area contributed by atoms with Gasteiger partial charge in [0.1, 0.15) is 11.4 Å². The van der Waals surface area contributed by atoms with E-state index in [0.29, 0.717) is 22.4 Å². The molecule has 0 amide bonds. The summed E-state index contributed by atoms with van der Waals surface area (Å²) in [6.45, 7) is 5.61. The van der Waals surface area contributed by atoms with E-state index in [9.17, 15) is 5.11 Å². The summed E-state index contributed by atoms with van der Waals surface area (Å²) in [7, 11) is 0. The van der Waals surface area contributed by atoms with Crippen LogP contribution in [0.5, 0.6) is 5.75 Å². The molecule has 21 heavy (non-hydrogen) atoms. The van der Waals surface area contributed by atoms with Crippen molar-refractivity contribution >= 4 is 0 Å². The Morgan fingerprint density at radius 2 is 1.86 bits per heavy atom. The molecule has 0 aliphatic heterocycles. The van der Waals surface area contributed by atoms with Crippen molar-refractivity contribution in [3.8, 4) is 11.8 Å². The monoisotopic (exact) mass is 281 g/mol. The SMILES string of the molecule is CC(C)Oc1ccccc1C(C)(O)c1cccc(C#N)c1. The second-order valence-corrected chi connectivity index (χ2v) is 5.43. The summed E-state index contributed by atoms with van der Waals surface area (Å²) >= 11 is 0. The van der Waals surface area contributed by atoms with Gasteiger partial charge in [0.15, 0.2) is 0 Å². The minimum absolute atomic E-state index is 0.0207. The molecule has 0 aliphatic carbocycles. The van der Waals surface area contributed by atoms with Gasteiger partial charge in [0.25, 0.3) is 0 Å². The van der Waals surface area contributed by atoms with Crippen LogP contribution in [-0.4, -0.2) is 11.2 Å². The number of ether oxygens (including phenoxy) is 1. The highest BCUT2D eigenvalue weighted by Gasteiger charge is 2.29. The predicted octanol–water partition coefficient (Wildman–Crippen LogP) is 3.60. The van der Waals surface area contributed by atoms with Crippen molar-refractivity contribution in [2.24, 2.45) is 0 Å². The topological polar surface area (TPSA) is 53.2 Å². The number of aliphatic hydroxyl groups is 1. The van der Waals surface area contributed by atoms with E-state index in [-0.39, 0.29) is 6.10 Å². The Hall–Kier alpha value is -2.31. The van der Waals surface area contributed by atoms with Gasteiger partial charge in [-0.1, -0.05) is 30.3 Å². The zero-order chi connectivity index (χ0) is 15.5. The second-order valence-electron chi connectivity index (χ2n) is 5.43. The zero-order valence-electron chi connectivity index (χ0n) is 12.5. The Morgan fingerprint density at radius 3 is 2.52 bits per heavy atom. The van der Waals surface area contributed by atoms with Crippen LogP contribution in [0.3, 0.4) is 0 Å². The van der Waals surface area contributed by atoms with Gasteiger partial charge in [-0.05, 0) is 44.5 Å². The maximum absolute atomic E-state index is 11.0. The molecule has 108 valence electrons. The molecule has 1 N–H and O–H groups in total. The van der Waals surface area contributed by atoms with Gasteiger partial charge in [0.05, 0.1) is 17.7 Å². The average Bonchev–Trinajstić information content (AvgIpc) is 2.47. The third-order valence-electron chi connectivity index (χ3n) is 3.33. The largest absolute Gasteiger partial charge is 0.491 e. The maximum Gasteiger partial charge on any atom is 0.126 e. The molecule has 1 unspecified atom stereocenters. The standard InChI is InChI=1S/C18H19NO2/c1-13(2)21-17-10-5-4-9-16(17)18(3,20)15-8-6-7-14(11-15)12-19/h4-11,13,20H,1-3H3. The predicted molar refractivity (Wildman–Crippen MR) is 82.0 cm³/mol. The third-order valence-corrected chi connectivity index (χ3v) is 3.33. The first kappa shape index (κ1) is 15.1. The van der Waals surface area contributed by atoms with Crippen LogP contribution in [0.25, 0.3) is 0 Å². The molecule has 0 heterocycles. The van der Waals surface area contributed by atoms with E-state index in [1.54, 1.807) is 25.1 Å². The molecule has 0 saturated heterocycles. The van der Waals surface area contributed by atoms with Crippen molar-refractivity contribution in [3.63, 3.8) is 0 Å². The molecule has 0 aromatic heterocycles. The Kier molecular flexibility index (Phi) is 4.30. The third kappa shape index (κ3) is 3.24. The lowest BCUT2D eigenvalue weighted by Crippen LogP contribution is -2.24. The van der Waals surface area contributed by atoms with E-state index in [1.165, 1.54) is 0 Å². The molecule has 2 aromatic carbocycles. The van der Waals surface area contributed by atoms with Crippen LogP contribution in [-0.2, 0) is 5.60 Å². The summed E-state index contributed by atoms with van der Waals surface area (Å²) in [5.74, 6) is 0.653. The van der Waals surface area contributed by atoms with Gasteiger partial charge in [-0.15, -0.1) is 0 Å². The van der Waals surface area contributed by atoms with Crippen LogP contribution in [0.2, 0.25) is 0 Å². The van der Waals surface area contributed by atoms with Crippen LogP contribution in [0.15, 0.2) is 48.5 Å². The first-order valence-corrected chi connectivity index (χ1v) is 6.94. The van der Waals surface area contributed by atoms with Crippen LogP contribution in [0.1, 0.15) is 37.5 Å². The Labute approximate surface area is 125 Å². The quantitative estimate of drug-likeness (QED) is 0.931.